The maximum Gasteiger partial charge on any atom is 0.174 e. The minimum Gasteiger partial charge on any atom is -0.479 e. The van der Waals surface area contributed by atoms with Crippen LogP contribution in [0.3, 0.4) is 0 Å². The zero-order chi connectivity index (χ0) is 14.9. The van der Waals surface area contributed by atoms with E-state index in [2.05, 4.69) is 5.32 Å². The second-order valence-corrected chi connectivity index (χ2v) is 4.61. The molecule has 0 bridgehead atoms. The van der Waals surface area contributed by atoms with Gasteiger partial charge in [-0.2, -0.15) is 5.26 Å². The Balaban J connectivity index is 1.86. The SMILES string of the molecule is N#CCOc1ccc(CNc2ccc(CCO)cc2)cc1. The van der Waals surface area contributed by atoms with Crippen molar-refractivity contribution in [3.8, 4) is 11.8 Å². The highest BCUT2D eigenvalue weighted by atomic mass is 16.5. The third kappa shape index (κ3) is 4.83. The first kappa shape index (κ1) is 14.9. The third-order valence-corrected chi connectivity index (χ3v) is 3.08. The van der Waals surface area contributed by atoms with Crippen molar-refractivity contribution >= 4 is 5.69 Å². The largest absolute Gasteiger partial charge is 0.479 e. The Hall–Kier alpha value is -2.51. The summed E-state index contributed by atoms with van der Waals surface area (Å²) in [6.07, 6.45) is 0.685. The summed E-state index contributed by atoms with van der Waals surface area (Å²) in [6, 6.07) is 17.6. The van der Waals surface area contributed by atoms with Crippen molar-refractivity contribution in [2.24, 2.45) is 0 Å². The first-order valence-corrected chi connectivity index (χ1v) is 6.84. The lowest BCUT2D eigenvalue weighted by Crippen LogP contribution is -2.00. The molecule has 108 valence electrons. The van der Waals surface area contributed by atoms with E-state index in [-0.39, 0.29) is 13.2 Å². The lowest BCUT2D eigenvalue weighted by Gasteiger charge is -2.08. The standard InChI is InChI=1S/C17H18N2O2/c18-10-12-21-17-7-3-15(4-8-17)13-19-16-5-1-14(2-6-16)9-11-20/h1-8,19-20H,9,11-13H2. The number of nitrogens with one attached hydrogen (secondary N) is 1. The van der Waals surface area contributed by atoms with Crippen LogP contribution in [-0.2, 0) is 13.0 Å². The maximum absolute atomic E-state index is 8.87. The van der Waals surface area contributed by atoms with E-state index in [1.165, 1.54) is 0 Å². The van der Waals surface area contributed by atoms with Gasteiger partial charge in [-0.25, -0.2) is 0 Å². The topological polar surface area (TPSA) is 65.3 Å². The molecule has 0 aliphatic rings. The number of aliphatic hydroxyl groups excluding tert-OH is 1. The van der Waals surface area contributed by atoms with Gasteiger partial charge in [-0.1, -0.05) is 24.3 Å². The maximum atomic E-state index is 8.87. The average molecular weight is 282 g/mol. The van der Waals surface area contributed by atoms with Gasteiger partial charge in [-0.3, -0.25) is 0 Å². The molecule has 2 N–H and O–H groups in total. The molecule has 0 amide bonds. The Kier molecular flexibility index (Phi) is 5.62. The molecule has 0 unspecified atom stereocenters. The summed E-state index contributed by atoms with van der Waals surface area (Å²) in [5, 5.41) is 20.7. The molecular weight excluding hydrogens is 264 g/mol. The first-order chi connectivity index (χ1) is 10.3. The zero-order valence-electron chi connectivity index (χ0n) is 11.7. The van der Waals surface area contributed by atoms with Crippen molar-refractivity contribution < 1.29 is 9.84 Å². The summed E-state index contributed by atoms with van der Waals surface area (Å²) in [5.74, 6) is 0.702. The van der Waals surface area contributed by atoms with Crippen molar-refractivity contribution in [1.29, 1.82) is 5.26 Å². The first-order valence-electron chi connectivity index (χ1n) is 6.84. The monoisotopic (exact) mass is 282 g/mol. The summed E-state index contributed by atoms with van der Waals surface area (Å²) in [7, 11) is 0. The van der Waals surface area contributed by atoms with E-state index in [1.54, 1.807) is 0 Å². The molecule has 0 aliphatic carbocycles. The Morgan fingerprint density at radius 2 is 1.67 bits per heavy atom. The second-order valence-electron chi connectivity index (χ2n) is 4.61. The van der Waals surface area contributed by atoms with Crippen LogP contribution in [0, 0.1) is 11.3 Å². The van der Waals surface area contributed by atoms with E-state index in [0.717, 1.165) is 23.4 Å². The molecule has 0 saturated carbocycles. The van der Waals surface area contributed by atoms with E-state index < -0.39 is 0 Å². The van der Waals surface area contributed by atoms with Crippen LogP contribution in [0.15, 0.2) is 48.5 Å². The van der Waals surface area contributed by atoms with E-state index in [0.29, 0.717) is 12.2 Å². The number of nitriles is 1. The fourth-order valence-corrected chi connectivity index (χ4v) is 1.94. The fraction of sp³-hybridized carbons (Fsp3) is 0.235. The molecule has 0 spiro atoms. The Morgan fingerprint density at radius 1 is 1.00 bits per heavy atom. The lowest BCUT2D eigenvalue weighted by molar-refractivity contribution is 0.299. The summed E-state index contributed by atoms with van der Waals surface area (Å²) >= 11 is 0. The molecule has 0 radical (unpaired) electrons. The normalized spacial score (nSPS) is 9.90. The number of hydrogen-bond donors (Lipinski definition) is 2. The van der Waals surface area contributed by atoms with Gasteiger partial charge in [0.2, 0.25) is 0 Å². The summed E-state index contributed by atoms with van der Waals surface area (Å²) < 4.78 is 5.21. The van der Waals surface area contributed by atoms with Crippen LogP contribution in [-0.4, -0.2) is 18.3 Å². The number of rotatable bonds is 7. The number of benzene rings is 2. The molecule has 0 atom stereocenters. The van der Waals surface area contributed by atoms with Gasteiger partial charge >= 0.3 is 0 Å². The summed E-state index contributed by atoms with van der Waals surface area (Å²) in [4.78, 5) is 0. The van der Waals surface area contributed by atoms with E-state index >= 15 is 0 Å². The van der Waals surface area contributed by atoms with Gasteiger partial charge in [-0.05, 0) is 41.8 Å². The van der Waals surface area contributed by atoms with Crippen LogP contribution < -0.4 is 10.1 Å². The van der Waals surface area contributed by atoms with Crippen molar-refractivity contribution in [3.05, 3.63) is 59.7 Å². The molecule has 2 rings (SSSR count). The number of anilines is 1. The number of hydrogen-bond acceptors (Lipinski definition) is 4. The van der Waals surface area contributed by atoms with Crippen molar-refractivity contribution in [2.45, 2.75) is 13.0 Å². The van der Waals surface area contributed by atoms with Crippen molar-refractivity contribution in [2.75, 3.05) is 18.5 Å². The molecule has 2 aromatic carbocycles. The molecular formula is C17H18N2O2. The Labute approximate surface area is 124 Å². The van der Waals surface area contributed by atoms with Gasteiger partial charge in [0.25, 0.3) is 0 Å². The minimum atomic E-state index is 0.0672. The third-order valence-electron chi connectivity index (χ3n) is 3.08. The lowest BCUT2D eigenvalue weighted by atomic mass is 10.1. The van der Waals surface area contributed by atoms with Gasteiger partial charge in [0.1, 0.15) is 11.8 Å². The van der Waals surface area contributed by atoms with Crippen molar-refractivity contribution in [1.82, 2.24) is 0 Å². The van der Waals surface area contributed by atoms with E-state index in [4.69, 9.17) is 15.1 Å². The van der Waals surface area contributed by atoms with Gasteiger partial charge < -0.3 is 15.2 Å². The summed E-state index contributed by atoms with van der Waals surface area (Å²) in [5.41, 5.74) is 3.31. The predicted molar refractivity (Wildman–Crippen MR) is 82.1 cm³/mol. The van der Waals surface area contributed by atoms with Crippen LogP contribution in [0.2, 0.25) is 0 Å². The number of aliphatic hydroxyl groups is 1. The van der Waals surface area contributed by atoms with E-state index in [9.17, 15) is 0 Å². The van der Waals surface area contributed by atoms with Crippen LogP contribution >= 0.6 is 0 Å². The molecule has 21 heavy (non-hydrogen) atoms. The smallest absolute Gasteiger partial charge is 0.174 e. The van der Waals surface area contributed by atoms with Gasteiger partial charge in [0.15, 0.2) is 6.61 Å². The molecule has 0 fully saturated rings. The van der Waals surface area contributed by atoms with Crippen molar-refractivity contribution in [3.63, 3.8) is 0 Å². The highest BCUT2D eigenvalue weighted by molar-refractivity contribution is 5.45. The van der Waals surface area contributed by atoms with Crippen LogP contribution in [0.25, 0.3) is 0 Å². The molecule has 0 aliphatic heterocycles. The minimum absolute atomic E-state index is 0.0672. The molecule has 0 aromatic heterocycles. The number of ether oxygens (including phenoxy) is 1. The average Bonchev–Trinajstić information content (AvgIpc) is 2.53. The second kappa shape index (κ2) is 7.93. The van der Waals surface area contributed by atoms with Gasteiger partial charge in [-0.15, -0.1) is 0 Å². The molecule has 0 heterocycles. The molecule has 4 nitrogen and oxygen atoms in total. The Morgan fingerprint density at radius 3 is 2.29 bits per heavy atom. The molecule has 4 heteroatoms. The van der Waals surface area contributed by atoms with Gasteiger partial charge in [0, 0.05) is 18.8 Å². The highest BCUT2D eigenvalue weighted by Crippen LogP contribution is 2.15. The zero-order valence-corrected chi connectivity index (χ0v) is 11.7. The molecule has 0 saturated heterocycles. The molecule has 2 aromatic rings. The fourth-order valence-electron chi connectivity index (χ4n) is 1.94. The number of nitrogens with zero attached hydrogens (tertiary/aromatic N) is 1. The van der Waals surface area contributed by atoms with Crippen LogP contribution in [0.4, 0.5) is 5.69 Å². The Bertz CT molecular complexity index is 586. The van der Waals surface area contributed by atoms with Gasteiger partial charge in [0.05, 0.1) is 0 Å². The van der Waals surface area contributed by atoms with Crippen LogP contribution in [0.1, 0.15) is 11.1 Å². The van der Waals surface area contributed by atoms with E-state index in [1.807, 2.05) is 54.6 Å². The predicted octanol–water partition coefficient (Wildman–Crippen LogP) is 2.74. The quantitative estimate of drug-likeness (QED) is 0.819. The van der Waals surface area contributed by atoms with Crippen LogP contribution in [0.5, 0.6) is 5.75 Å². The summed E-state index contributed by atoms with van der Waals surface area (Å²) in [6.45, 7) is 0.961. The highest BCUT2D eigenvalue weighted by Gasteiger charge is 1.97.